The molecule has 0 aromatic heterocycles. The summed E-state index contributed by atoms with van der Waals surface area (Å²) in [6.07, 6.45) is 3.73. The number of hydrogen-bond donors (Lipinski definition) is 1. The zero-order chi connectivity index (χ0) is 15.0. The monoisotopic (exact) mass is 295 g/mol. The van der Waals surface area contributed by atoms with Crippen LogP contribution in [0.3, 0.4) is 0 Å². The van der Waals surface area contributed by atoms with Crippen LogP contribution in [0.5, 0.6) is 0 Å². The van der Waals surface area contributed by atoms with Gasteiger partial charge < -0.3 is 5.32 Å². The Morgan fingerprint density at radius 3 is 2.25 bits per heavy atom. The van der Waals surface area contributed by atoms with Gasteiger partial charge in [0, 0.05) is 11.6 Å². The fourth-order valence-corrected chi connectivity index (χ4v) is 2.99. The van der Waals surface area contributed by atoms with Crippen LogP contribution in [0.15, 0.2) is 24.3 Å². The summed E-state index contributed by atoms with van der Waals surface area (Å²) >= 11 is 6.40. The second-order valence-corrected chi connectivity index (χ2v) is 6.60. The summed E-state index contributed by atoms with van der Waals surface area (Å²) in [5.41, 5.74) is 1.30. The first-order chi connectivity index (χ1) is 9.58. The molecule has 1 atom stereocenters. The minimum absolute atomic E-state index is 0.521. The Balaban J connectivity index is 2.75. The van der Waals surface area contributed by atoms with E-state index >= 15 is 0 Å². The molecule has 0 radical (unpaired) electrons. The molecule has 0 aliphatic heterocycles. The van der Waals surface area contributed by atoms with Crippen molar-refractivity contribution in [3.63, 3.8) is 0 Å². The molecule has 1 aromatic carbocycles. The lowest BCUT2D eigenvalue weighted by Gasteiger charge is -2.24. The largest absolute Gasteiger partial charge is 0.316 e. The molecule has 0 saturated heterocycles. The molecule has 1 N–H and O–H groups in total. The van der Waals surface area contributed by atoms with E-state index in [9.17, 15) is 0 Å². The van der Waals surface area contributed by atoms with E-state index in [-0.39, 0.29) is 0 Å². The molecule has 0 aliphatic carbocycles. The van der Waals surface area contributed by atoms with Crippen LogP contribution in [0, 0.1) is 11.8 Å². The van der Waals surface area contributed by atoms with Gasteiger partial charge in [0.25, 0.3) is 0 Å². The first-order valence-corrected chi connectivity index (χ1v) is 8.41. The molecule has 1 rings (SSSR count). The van der Waals surface area contributed by atoms with Crippen LogP contribution < -0.4 is 5.32 Å². The summed E-state index contributed by atoms with van der Waals surface area (Å²) in [5.74, 6) is 2.00. The lowest BCUT2D eigenvalue weighted by molar-refractivity contribution is 0.392. The summed E-state index contributed by atoms with van der Waals surface area (Å²) in [6, 6.07) is 8.32. The molecule has 1 nitrogen and oxygen atoms in total. The zero-order valence-electron chi connectivity index (χ0n) is 13.5. The van der Waals surface area contributed by atoms with E-state index < -0.39 is 0 Å². The third-order valence-corrected chi connectivity index (χ3v) is 4.41. The van der Waals surface area contributed by atoms with Crippen LogP contribution >= 0.6 is 11.6 Å². The molecule has 0 heterocycles. The van der Waals surface area contributed by atoms with Gasteiger partial charge in [-0.05, 0) is 42.3 Å². The van der Waals surface area contributed by atoms with Gasteiger partial charge in [0.05, 0.1) is 0 Å². The molecular weight excluding hydrogens is 266 g/mol. The fourth-order valence-electron chi connectivity index (χ4n) is 2.70. The van der Waals surface area contributed by atoms with Crippen molar-refractivity contribution in [1.82, 2.24) is 5.32 Å². The summed E-state index contributed by atoms with van der Waals surface area (Å²) in [7, 11) is 0. The minimum Gasteiger partial charge on any atom is -0.316 e. The van der Waals surface area contributed by atoms with Gasteiger partial charge in [-0.1, -0.05) is 70.3 Å². The summed E-state index contributed by atoms with van der Waals surface area (Å²) in [5, 5.41) is 4.52. The van der Waals surface area contributed by atoms with Crippen LogP contribution in [0.1, 0.15) is 58.4 Å². The highest BCUT2D eigenvalue weighted by molar-refractivity contribution is 6.31. The molecule has 1 aromatic rings. The summed E-state index contributed by atoms with van der Waals surface area (Å²) < 4.78 is 0. The fraction of sp³-hybridized carbons (Fsp3) is 0.667. The lowest BCUT2D eigenvalue weighted by Crippen LogP contribution is -2.26. The van der Waals surface area contributed by atoms with Gasteiger partial charge in [-0.15, -0.1) is 0 Å². The number of rotatable bonds is 9. The average molecular weight is 296 g/mol. The van der Waals surface area contributed by atoms with Gasteiger partial charge in [0.15, 0.2) is 0 Å². The van der Waals surface area contributed by atoms with E-state index in [1.807, 2.05) is 12.1 Å². The Bertz CT molecular complexity index is 371. The molecule has 20 heavy (non-hydrogen) atoms. The van der Waals surface area contributed by atoms with Crippen molar-refractivity contribution in [2.24, 2.45) is 11.8 Å². The Hall–Kier alpha value is -0.530. The maximum Gasteiger partial charge on any atom is 0.0441 e. The van der Waals surface area contributed by atoms with E-state index in [0.29, 0.717) is 11.8 Å². The van der Waals surface area contributed by atoms with Crippen molar-refractivity contribution >= 4 is 11.6 Å². The topological polar surface area (TPSA) is 12.0 Å². The highest BCUT2D eigenvalue weighted by atomic mass is 35.5. The van der Waals surface area contributed by atoms with Gasteiger partial charge in [-0.3, -0.25) is 0 Å². The normalized spacial score (nSPS) is 13.2. The van der Waals surface area contributed by atoms with E-state index in [1.54, 1.807) is 0 Å². The Morgan fingerprint density at radius 1 is 1.05 bits per heavy atom. The molecule has 0 spiro atoms. The molecule has 2 heteroatoms. The van der Waals surface area contributed by atoms with Crippen molar-refractivity contribution in [1.29, 1.82) is 0 Å². The van der Waals surface area contributed by atoms with Gasteiger partial charge in [-0.2, -0.15) is 0 Å². The lowest BCUT2D eigenvalue weighted by atomic mass is 9.86. The molecule has 0 aliphatic rings. The van der Waals surface area contributed by atoms with Gasteiger partial charge in [-0.25, -0.2) is 0 Å². The van der Waals surface area contributed by atoms with E-state index in [0.717, 1.165) is 24.0 Å². The van der Waals surface area contributed by atoms with Crippen LogP contribution in [0.4, 0.5) is 0 Å². The third kappa shape index (κ3) is 5.85. The SMILES string of the molecule is CCC(CC)CC(CNCC(C)C)c1ccccc1Cl. The molecule has 0 saturated carbocycles. The van der Waals surface area contributed by atoms with Gasteiger partial charge in [0.2, 0.25) is 0 Å². The van der Waals surface area contributed by atoms with E-state index in [4.69, 9.17) is 11.6 Å². The second-order valence-electron chi connectivity index (χ2n) is 6.19. The minimum atomic E-state index is 0.521. The molecule has 114 valence electrons. The van der Waals surface area contributed by atoms with Crippen LogP contribution in [-0.4, -0.2) is 13.1 Å². The van der Waals surface area contributed by atoms with Crippen molar-refractivity contribution in [2.75, 3.05) is 13.1 Å². The van der Waals surface area contributed by atoms with Crippen molar-refractivity contribution in [2.45, 2.75) is 52.9 Å². The molecule has 0 fully saturated rings. The van der Waals surface area contributed by atoms with Gasteiger partial charge in [0.1, 0.15) is 0 Å². The quantitative estimate of drug-likeness (QED) is 0.634. The van der Waals surface area contributed by atoms with Gasteiger partial charge >= 0.3 is 0 Å². The third-order valence-electron chi connectivity index (χ3n) is 4.06. The Kier molecular flexibility index (Phi) is 8.25. The van der Waals surface area contributed by atoms with Crippen molar-refractivity contribution in [3.8, 4) is 0 Å². The molecule has 1 unspecified atom stereocenters. The Labute approximate surface area is 130 Å². The predicted octanol–water partition coefficient (Wildman–Crippen LogP) is 5.50. The Morgan fingerprint density at radius 2 is 1.70 bits per heavy atom. The van der Waals surface area contributed by atoms with Crippen LogP contribution in [0.2, 0.25) is 5.02 Å². The number of nitrogens with one attached hydrogen (secondary N) is 1. The first-order valence-electron chi connectivity index (χ1n) is 8.03. The van der Waals surface area contributed by atoms with Crippen LogP contribution in [-0.2, 0) is 0 Å². The van der Waals surface area contributed by atoms with E-state index in [1.165, 1.54) is 24.8 Å². The standard InChI is InChI=1S/C18H30ClN/c1-5-15(6-2)11-16(13-20-12-14(3)4)17-9-7-8-10-18(17)19/h7-10,14-16,20H,5-6,11-13H2,1-4H3. The van der Waals surface area contributed by atoms with E-state index in [2.05, 4.69) is 45.1 Å². The zero-order valence-corrected chi connectivity index (χ0v) is 14.2. The summed E-state index contributed by atoms with van der Waals surface area (Å²) in [6.45, 7) is 11.2. The second kappa shape index (κ2) is 9.41. The average Bonchev–Trinajstić information content (AvgIpc) is 2.43. The number of halogens is 1. The molecule has 0 amide bonds. The predicted molar refractivity (Wildman–Crippen MR) is 90.6 cm³/mol. The number of benzene rings is 1. The maximum absolute atomic E-state index is 6.40. The molecular formula is C18H30ClN. The maximum atomic E-state index is 6.40. The summed E-state index contributed by atoms with van der Waals surface area (Å²) in [4.78, 5) is 0. The highest BCUT2D eigenvalue weighted by Gasteiger charge is 2.18. The highest BCUT2D eigenvalue weighted by Crippen LogP contribution is 2.31. The smallest absolute Gasteiger partial charge is 0.0441 e. The van der Waals surface area contributed by atoms with Crippen molar-refractivity contribution in [3.05, 3.63) is 34.9 Å². The number of hydrogen-bond acceptors (Lipinski definition) is 1. The first kappa shape index (κ1) is 17.5. The molecule has 0 bridgehead atoms. The van der Waals surface area contributed by atoms with Crippen LogP contribution in [0.25, 0.3) is 0 Å². The van der Waals surface area contributed by atoms with Crippen molar-refractivity contribution < 1.29 is 0 Å².